The molecule has 0 spiro atoms. The van der Waals surface area contributed by atoms with Crippen LogP contribution in [0.2, 0.25) is 0 Å². The number of nitro groups is 1. The summed E-state index contributed by atoms with van der Waals surface area (Å²) in [7, 11) is 0. The number of hydrogen-bond acceptors (Lipinski definition) is 4. The fourth-order valence-corrected chi connectivity index (χ4v) is 2.27. The minimum Gasteiger partial charge on any atom is -0.477 e. The van der Waals surface area contributed by atoms with E-state index in [0.717, 1.165) is 19.3 Å². The van der Waals surface area contributed by atoms with E-state index in [1.165, 1.54) is 12.1 Å². The third kappa shape index (κ3) is 3.26. The van der Waals surface area contributed by atoms with Crippen LogP contribution in [0.3, 0.4) is 0 Å². The smallest absolute Gasteiger partial charge is 0.342 e. The molecule has 0 aliphatic heterocycles. The van der Waals surface area contributed by atoms with Gasteiger partial charge in [0.25, 0.3) is 5.69 Å². The van der Waals surface area contributed by atoms with Crippen LogP contribution < -0.4 is 5.32 Å². The number of nitrogens with zero attached hydrogens (tertiary/aromatic N) is 1. The fourth-order valence-electron chi connectivity index (χ4n) is 2.27. The van der Waals surface area contributed by atoms with Gasteiger partial charge in [-0.3, -0.25) is 10.1 Å². The normalized spacial score (nSPS) is 11.2. The predicted molar refractivity (Wildman–Crippen MR) is 77.3 cm³/mol. The maximum atomic E-state index is 11.1. The lowest BCUT2D eigenvalue weighted by Gasteiger charge is -2.33. The molecular formula is C14H20N2O4. The summed E-state index contributed by atoms with van der Waals surface area (Å²) >= 11 is 0. The van der Waals surface area contributed by atoms with E-state index >= 15 is 0 Å². The van der Waals surface area contributed by atoms with Gasteiger partial charge in [-0.2, -0.15) is 0 Å². The monoisotopic (exact) mass is 280 g/mol. The molecule has 0 aromatic heterocycles. The molecule has 1 aromatic rings. The average Bonchev–Trinajstić information content (AvgIpc) is 2.44. The first-order valence-corrected chi connectivity index (χ1v) is 6.69. The third-order valence-corrected chi connectivity index (χ3v) is 3.86. The van der Waals surface area contributed by atoms with E-state index in [1.807, 2.05) is 0 Å². The van der Waals surface area contributed by atoms with Crippen LogP contribution >= 0.6 is 0 Å². The second-order valence-electron chi connectivity index (χ2n) is 4.76. The number of nitrogens with one attached hydrogen (secondary N) is 1. The summed E-state index contributed by atoms with van der Waals surface area (Å²) in [5.41, 5.74) is -0.208. The molecular weight excluding hydrogens is 260 g/mol. The number of carboxylic acid groups (broad SMARTS) is 1. The molecule has 0 aliphatic rings. The van der Waals surface area contributed by atoms with Crippen molar-refractivity contribution in [2.45, 2.75) is 45.6 Å². The second-order valence-corrected chi connectivity index (χ2v) is 4.76. The lowest BCUT2D eigenvalue weighted by Crippen LogP contribution is -2.36. The Morgan fingerprint density at radius 2 is 1.85 bits per heavy atom. The first kappa shape index (κ1) is 15.9. The molecule has 0 saturated heterocycles. The average molecular weight is 280 g/mol. The summed E-state index contributed by atoms with van der Waals surface area (Å²) in [5, 5.41) is 23.2. The van der Waals surface area contributed by atoms with Gasteiger partial charge in [0.15, 0.2) is 0 Å². The summed E-state index contributed by atoms with van der Waals surface area (Å²) in [5.74, 6) is -1.30. The van der Waals surface area contributed by atoms with E-state index in [9.17, 15) is 14.9 Å². The Bertz CT molecular complexity index is 502. The second kappa shape index (κ2) is 6.36. The molecule has 0 amide bonds. The minimum atomic E-state index is -1.30. The number of rotatable bonds is 7. The molecule has 0 fully saturated rings. The summed E-state index contributed by atoms with van der Waals surface area (Å²) in [6.45, 7) is 6.18. The first-order chi connectivity index (χ1) is 9.39. The molecule has 0 aliphatic carbocycles. The highest BCUT2D eigenvalue weighted by atomic mass is 16.6. The standard InChI is InChI=1S/C14H20N2O4/c1-4-14(5-2,6-3)15-10-7-8-12(16(19)20)11(9-10)13(17)18/h7-9,15H,4-6H2,1-3H3,(H,17,18). The number of benzene rings is 1. The van der Waals surface area contributed by atoms with Crippen molar-refractivity contribution in [3.8, 4) is 0 Å². The van der Waals surface area contributed by atoms with Crippen LogP contribution in [0.15, 0.2) is 18.2 Å². The van der Waals surface area contributed by atoms with Gasteiger partial charge < -0.3 is 10.4 Å². The Morgan fingerprint density at radius 3 is 2.25 bits per heavy atom. The highest BCUT2D eigenvalue weighted by molar-refractivity contribution is 5.93. The van der Waals surface area contributed by atoms with Crippen LogP contribution in [-0.2, 0) is 0 Å². The molecule has 1 rings (SSSR count). The van der Waals surface area contributed by atoms with Gasteiger partial charge in [-0.15, -0.1) is 0 Å². The molecule has 6 heteroatoms. The lowest BCUT2D eigenvalue weighted by atomic mass is 9.89. The SMILES string of the molecule is CCC(CC)(CC)Nc1ccc([N+](=O)[O-])c(C(=O)O)c1. The molecule has 20 heavy (non-hydrogen) atoms. The van der Waals surface area contributed by atoms with Crippen molar-refractivity contribution < 1.29 is 14.8 Å². The van der Waals surface area contributed by atoms with Gasteiger partial charge in [0.05, 0.1) is 4.92 Å². The number of carbonyl (C=O) groups is 1. The van der Waals surface area contributed by atoms with Gasteiger partial charge in [0.1, 0.15) is 5.56 Å². The van der Waals surface area contributed by atoms with E-state index in [-0.39, 0.29) is 11.1 Å². The number of carboxylic acids is 1. The molecule has 0 unspecified atom stereocenters. The Balaban J connectivity index is 3.19. The maximum Gasteiger partial charge on any atom is 0.342 e. The first-order valence-electron chi connectivity index (χ1n) is 6.69. The van der Waals surface area contributed by atoms with Gasteiger partial charge in [0, 0.05) is 17.3 Å². The van der Waals surface area contributed by atoms with Gasteiger partial charge in [0.2, 0.25) is 0 Å². The van der Waals surface area contributed by atoms with E-state index in [2.05, 4.69) is 26.1 Å². The van der Waals surface area contributed by atoms with Crippen molar-refractivity contribution in [2.24, 2.45) is 0 Å². The molecule has 0 radical (unpaired) electrons. The fraction of sp³-hybridized carbons (Fsp3) is 0.500. The summed E-state index contributed by atoms with van der Waals surface area (Å²) < 4.78 is 0. The van der Waals surface area contributed by atoms with E-state index in [0.29, 0.717) is 5.69 Å². The van der Waals surface area contributed by atoms with E-state index < -0.39 is 16.6 Å². The predicted octanol–water partition coefficient (Wildman–Crippen LogP) is 3.67. The summed E-state index contributed by atoms with van der Waals surface area (Å²) in [6.07, 6.45) is 2.66. The van der Waals surface area contributed by atoms with Crippen molar-refractivity contribution in [1.82, 2.24) is 0 Å². The zero-order chi connectivity index (χ0) is 15.3. The number of aromatic carboxylic acids is 1. The van der Waals surface area contributed by atoms with Crippen LogP contribution in [0.1, 0.15) is 50.4 Å². The minimum absolute atomic E-state index is 0.119. The van der Waals surface area contributed by atoms with Gasteiger partial charge >= 0.3 is 5.97 Å². The highest BCUT2D eigenvalue weighted by Crippen LogP contribution is 2.29. The molecule has 110 valence electrons. The molecule has 0 saturated carbocycles. The number of anilines is 1. The van der Waals surface area contributed by atoms with Crippen LogP contribution in [0.25, 0.3) is 0 Å². The Hall–Kier alpha value is -2.11. The van der Waals surface area contributed by atoms with Crippen LogP contribution in [-0.4, -0.2) is 21.5 Å². The zero-order valence-corrected chi connectivity index (χ0v) is 12.0. The van der Waals surface area contributed by atoms with Crippen molar-refractivity contribution in [3.05, 3.63) is 33.9 Å². The maximum absolute atomic E-state index is 11.1. The lowest BCUT2D eigenvalue weighted by molar-refractivity contribution is -0.385. The molecule has 0 heterocycles. The zero-order valence-electron chi connectivity index (χ0n) is 12.0. The third-order valence-electron chi connectivity index (χ3n) is 3.86. The van der Waals surface area contributed by atoms with Crippen molar-refractivity contribution >= 4 is 17.3 Å². The Morgan fingerprint density at radius 1 is 1.30 bits per heavy atom. The van der Waals surface area contributed by atoms with E-state index in [1.54, 1.807) is 6.07 Å². The summed E-state index contributed by atoms with van der Waals surface area (Å²) in [4.78, 5) is 21.3. The topological polar surface area (TPSA) is 92.5 Å². The molecule has 0 atom stereocenters. The molecule has 1 aromatic carbocycles. The van der Waals surface area contributed by atoms with Crippen LogP contribution in [0.4, 0.5) is 11.4 Å². The quantitative estimate of drug-likeness (QED) is 0.587. The van der Waals surface area contributed by atoms with Gasteiger partial charge in [-0.1, -0.05) is 20.8 Å². The molecule has 2 N–H and O–H groups in total. The number of nitro benzene ring substituents is 1. The Kier molecular flexibility index (Phi) is 5.07. The van der Waals surface area contributed by atoms with Crippen LogP contribution in [0.5, 0.6) is 0 Å². The number of hydrogen-bond donors (Lipinski definition) is 2. The van der Waals surface area contributed by atoms with Crippen molar-refractivity contribution in [3.63, 3.8) is 0 Å². The highest BCUT2D eigenvalue weighted by Gasteiger charge is 2.25. The van der Waals surface area contributed by atoms with Gasteiger partial charge in [-0.25, -0.2) is 4.79 Å². The van der Waals surface area contributed by atoms with Crippen LogP contribution in [0, 0.1) is 10.1 Å². The molecule has 0 bridgehead atoms. The summed E-state index contributed by atoms with van der Waals surface area (Å²) in [6, 6.07) is 4.12. The largest absolute Gasteiger partial charge is 0.477 e. The molecule has 6 nitrogen and oxygen atoms in total. The van der Waals surface area contributed by atoms with Crippen molar-refractivity contribution in [2.75, 3.05) is 5.32 Å². The van der Waals surface area contributed by atoms with Crippen molar-refractivity contribution in [1.29, 1.82) is 0 Å². The van der Waals surface area contributed by atoms with E-state index in [4.69, 9.17) is 5.11 Å². The Labute approximate surface area is 118 Å². The van der Waals surface area contributed by atoms with Gasteiger partial charge in [-0.05, 0) is 31.4 Å².